The second-order valence-electron chi connectivity index (χ2n) is 1.92. The van der Waals surface area contributed by atoms with E-state index in [9.17, 15) is 0 Å². The maximum Gasteiger partial charge on any atom is -0.0139 e. The van der Waals surface area contributed by atoms with Crippen LogP contribution in [-0.4, -0.2) is 0 Å². The van der Waals surface area contributed by atoms with Gasteiger partial charge in [-0.1, -0.05) is 23.8 Å². The molecule has 0 N–H and O–H groups in total. The second-order valence-corrected chi connectivity index (χ2v) is 1.92. The molecule has 0 aliphatic heterocycles. The molecular weight excluding hydrogens is 96.1 g/mol. The molecule has 0 atom stereocenters. The Morgan fingerprint density at radius 3 is 1.62 bits per heavy atom. The van der Waals surface area contributed by atoms with E-state index in [1.54, 1.807) is 5.57 Å². The lowest BCUT2D eigenvalue weighted by Crippen LogP contribution is -1.26. The van der Waals surface area contributed by atoms with E-state index in [0.29, 0.717) is 0 Å². The highest BCUT2D eigenvalue weighted by molar-refractivity contribution is 5.17. The minimum atomic E-state index is 1.28. The van der Waals surface area contributed by atoms with Crippen molar-refractivity contribution in [2.24, 2.45) is 0 Å². The van der Waals surface area contributed by atoms with Crippen LogP contribution in [0.3, 0.4) is 0 Å². The normalized spacial score (nSPS) is 14.6. The smallest absolute Gasteiger partial charge is 0.0139 e. The van der Waals surface area contributed by atoms with E-state index in [1.165, 1.54) is 6.42 Å². The summed E-state index contributed by atoms with van der Waals surface area (Å²) in [5.41, 5.74) is 1.54. The Morgan fingerprint density at radius 2 is 1.62 bits per heavy atom. The Hall–Kier alpha value is -0.520. The highest BCUT2D eigenvalue weighted by atomic mass is 14.0. The van der Waals surface area contributed by atoms with Crippen LogP contribution in [0.1, 0.15) is 27.2 Å². The minimum absolute atomic E-state index is 1.28. The number of allylic oxidation sites excluding steroid dienone is 4. The zero-order chi connectivity index (χ0) is 6.41. The maximum absolute atomic E-state index is 2.21. The third kappa shape index (κ3) is 9.08. The topological polar surface area (TPSA) is 0 Å². The van der Waals surface area contributed by atoms with Crippen LogP contribution in [0.25, 0.3) is 0 Å². The van der Waals surface area contributed by atoms with Gasteiger partial charge < -0.3 is 0 Å². The van der Waals surface area contributed by atoms with Gasteiger partial charge in [0, 0.05) is 0 Å². The van der Waals surface area contributed by atoms with Crippen LogP contribution in [0, 0.1) is 0 Å². The zero-order valence-electron chi connectivity index (χ0n) is 5.94. The van der Waals surface area contributed by atoms with E-state index < -0.39 is 0 Å². The zero-order valence-corrected chi connectivity index (χ0v) is 5.94. The molecule has 0 saturated heterocycles. The second kappa shape index (κ2) is 4.63. The fraction of sp³-hybridized carbons (Fsp3) is 0.500. The molecule has 0 aromatic rings. The first-order chi connectivity index (χ1) is 3.81. The number of hydrogen-bond donors (Lipinski definition) is 0. The van der Waals surface area contributed by atoms with Crippen LogP contribution >= 0.6 is 0 Å². The highest BCUT2D eigenvalue weighted by Gasteiger charge is 1.94. The van der Waals surface area contributed by atoms with E-state index in [0.717, 1.165) is 0 Å². The first-order valence-corrected chi connectivity index (χ1v) is 3.04. The molecule has 0 spiro atoms. The van der Waals surface area contributed by atoms with E-state index in [1.807, 2.05) is 26.0 Å². The van der Waals surface area contributed by atoms with E-state index in [2.05, 4.69) is 13.0 Å². The number of hydrogen-bond acceptors (Lipinski definition) is 0. The van der Waals surface area contributed by atoms with Gasteiger partial charge in [0.25, 0.3) is 0 Å². The molecule has 46 valence electrons. The molecule has 0 heteroatoms. The monoisotopic (exact) mass is 110 g/mol. The SMILES string of the molecule is CC1=CC1.CC=CC. The summed E-state index contributed by atoms with van der Waals surface area (Å²) in [5, 5.41) is 0. The van der Waals surface area contributed by atoms with Gasteiger partial charge in [0.15, 0.2) is 0 Å². The van der Waals surface area contributed by atoms with Crippen LogP contribution in [0.5, 0.6) is 0 Å². The maximum atomic E-state index is 2.21. The third-order valence-corrected chi connectivity index (χ3v) is 0.946. The van der Waals surface area contributed by atoms with Gasteiger partial charge in [0.05, 0.1) is 0 Å². The lowest BCUT2D eigenvalue weighted by molar-refractivity contribution is 1.48. The summed E-state index contributed by atoms with van der Waals surface area (Å²) in [6, 6.07) is 0. The van der Waals surface area contributed by atoms with Crippen molar-refractivity contribution in [2.75, 3.05) is 0 Å². The summed E-state index contributed by atoms with van der Waals surface area (Å²) in [6.07, 6.45) is 7.49. The number of rotatable bonds is 0. The van der Waals surface area contributed by atoms with Gasteiger partial charge in [-0.05, 0) is 27.2 Å². The molecule has 0 radical (unpaired) electrons. The van der Waals surface area contributed by atoms with Crippen LogP contribution in [0.2, 0.25) is 0 Å². The van der Waals surface area contributed by atoms with Crippen molar-refractivity contribution in [1.29, 1.82) is 0 Å². The molecule has 0 aromatic carbocycles. The standard InChI is InChI=1S/C4H6.C4H8/c1-4-2-3-4;1-3-4-2/h2H,3H2,1H3;3-4H,1-2H3. The Labute approximate surface area is 51.9 Å². The van der Waals surface area contributed by atoms with E-state index in [4.69, 9.17) is 0 Å². The third-order valence-electron chi connectivity index (χ3n) is 0.946. The van der Waals surface area contributed by atoms with Gasteiger partial charge in [-0.3, -0.25) is 0 Å². The molecule has 1 rings (SSSR count). The van der Waals surface area contributed by atoms with Gasteiger partial charge in [0.1, 0.15) is 0 Å². The molecule has 0 amide bonds. The van der Waals surface area contributed by atoms with Crippen LogP contribution in [-0.2, 0) is 0 Å². The Morgan fingerprint density at radius 1 is 1.38 bits per heavy atom. The summed E-state index contributed by atoms with van der Waals surface area (Å²) >= 11 is 0. The molecule has 0 fully saturated rings. The minimum Gasteiger partial charge on any atom is -0.0919 e. The van der Waals surface area contributed by atoms with Crippen LogP contribution < -0.4 is 0 Å². The lowest BCUT2D eigenvalue weighted by Gasteiger charge is -1.49. The fourth-order valence-corrected chi connectivity index (χ4v) is 0.102. The molecule has 1 aliphatic rings. The van der Waals surface area contributed by atoms with E-state index >= 15 is 0 Å². The molecule has 0 bridgehead atoms. The van der Waals surface area contributed by atoms with Crippen molar-refractivity contribution >= 4 is 0 Å². The van der Waals surface area contributed by atoms with Gasteiger partial charge in [-0.25, -0.2) is 0 Å². The average molecular weight is 110 g/mol. The van der Waals surface area contributed by atoms with Gasteiger partial charge >= 0.3 is 0 Å². The summed E-state index contributed by atoms with van der Waals surface area (Å²) in [7, 11) is 0. The first kappa shape index (κ1) is 7.48. The molecule has 8 heavy (non-hydrogen) atoms. The average Bonchev–Trinajstić information content (AvgIpc) is 2.52. The summed E-state index contributed by atoms with van der Waals surface area (Å²) in [5.74, 6) is 0. The Balaban J connectivity index is 0.000000122. The van der Waals surface area contributed by atoms with Crippen molar-refractivity contribution in [3.05, 3.63) is 23.8 Å². The highest BCUT2D eigenvalue weighted by Crippen LogP contribution is 2.14. The van der Waals surface area contributed by atoms with Crippen molar-refractivity contribution in [2.45, 2.75) is 27.2 Å². The predicted octanol–water partition coefficient (Wildman–Crippen LogP) is 2.92. The Bertz CT molecular complexity index is 92.6. The lowest BCUT2D eigenvalue weighted by atomic mass is 10.6. The molecule has 0 saturated carbocycles. The summed E-state index contributed by atoms with van der Waals surface area (Å²) < 4.78 is 0. The molecular formula is C8H14. The first-order valence-electron chi connectivity index (χ1n) is 3.04. The van der Waals surface area contributed by atoms with Crippen molar-refractivity contribution in [1.82, 2.24) is 0 Å². The quantitative estimate of drug-likeness (QED) is 0.420. The predicted molar refractivity (Wildman–Crippen MR) is 38.9 cm³/mol. The largest absolute Gasteiger partial charge is 0.0919 e. The molecule has 1 aliphatic carbocycles. The van der Waals surface area contributed by atoms with Gasteiger partial charge in [0.2, 0.25) is 0 Å². The van der Waals surface area contributed by atoms with Crippen molar-refractivity contribution in [3.8, 4) is 0 Å². The molecule has 0 nitrogen and oxygen atoms in total. The van der Waals surface area contributed by atoms with Gasteiger partial charge in [-0.15, -0.1) is 0 Å². The van der Waals surface area contributed by atoms with Crippen LogP contribution in [0.15, 0.2) is 23.8 Å². The molecule has 0 aromatic heterocycles. The van der Waals surface area contributed by atoms with Crippen LogP contribution in [0.4, 0.5) is 0 Å². The Kier molecular flexibility index (Phi) is 4.33. The fourth-order valence-electron chi connectivity index (χ4n) is 0.102. The summed E-state index contributed by atoms with van der Waals surface area (Å²) in [6.45, 7) is 6.14. The van der Waals surface area contributed by atoms with Crippen molar-refractivity contribution < 1.29 is 0 Å². The van der Waals surface area contributed by atoms with Gasteiger partial charge in [-0.2, -0.15) is 0 Å². The molecule has 0 unspecified atom stereocenters. The molecule has 0 heterocycles. The van der Waals surface area contributed by atoms with E-state index in [-0.39, 0.29) is 0 Å². The summed E-state index contributed by atoms with van der Waals surface area (Å²) in [4.78, 5) is 0. The van der Waals surface area contributed by atoms with Crippen molar-refractivity contribution in [3.63, 3.8) is 0 Å².